The Morgan fingerprint density at radius 3 is 2.52 bits per heavy atom. The topological polar surface area (TPSA) is 20.3 Å². The molecule has 0 radical (unpaired) electrons. The van der Waals surface area contributed by atoms with Crippen molar-refractivity contribution in [2.45, 2.75) is 44.7 Å². The van der Waals surface area contributed by atoms with Gasteiger partial charge in [0.2, 0.25) is 0 Å². The van der Waals surface area contributed by atoms with Gasteiger partial charge in [-0.2, -0.15) is 0 Å². The van der Waals surface area contributed by atoms with E-state index in [1.807, 2.05) is 6.07 Å². The summed E-state index contributed by atoms with van der Waals surface area (Å²) in [5.41, 5.74) is 2.11. The van der Waals surface area contributed by atoms with Gasteiger partial charge in [0.05, 0.1) is 0 Å². The smallest absolute Gasteiger partial charge is 0.254 e. The molecule has 1 heterocycles. The highest BCUT2D eigenvalue weighted by atomic mass is 79.9. The van der Waals surface area contributed by atoms with Crippen LogP contribution in [0.3, 0.4) is 0 Å². The highest BCUT2D eigenvalue weighted by molar-refractivity contribution is 9.10. The maximum absolute atomic E-state index is 12.8. The first-order chi connectivity index (χ1) is 10.3. The van der Waals surface area contributed by atoms with E-state index >= 15 is 0 Å². The summed E-state index contributed by atoms with van der Waals surface area (Å²) >= 11 is 3.62. The average molecular weight is 344 g/mol. The number of benzene rings is 2. The highest BCUT2D eigenvalue weighted by Gasteiger charge is 2.34. The van der Waals surface area contributed by atoms with E-state index in [1.54, 1.807) is 0 Å². The van der Waals surface area contributed by atoms with Gasteiger partial charge in [-0.1, -0.05) is 59.5 Å². The fourth-order valence-electron chi connectivity index (χ4n) is 3.84. The Bertz CT molecular complexity index is 718. The van der Waals surface area contributed by atoms with Crippen LogP contribution in [0.1, 0.15) is 48.0 Å². The lowest BCUT2D eigenvalue weighted by Gasteiger charge is -2.30. The number of carbonyl (C=O) groups excluding carboxylic acids is 1. The fraction of sp³-hybridized carbons (Fsp3) is 0.389. The minimum absolute atomic E-state index is 0.225. The normalized spacial score (nSPS) is 19.3. The van der Waals surface area contributed by atoms with Crippen LogP contribution in [0.15, 0.2) is 34.8 Å². The first kappa shape index (κ1) is 13.3. The molecule has 1 aliphatic carbocycles. The van der Waals surface area contributed by atoms with Crippen LogP contribution in [-0.4, -0.2) is 16.8 Å². The number of fused-ring (bicyclic) bond motifs is 3. The molecular weight excluding hydrogens is 326 g/mol. The van der Waals surface area contributed by atoms with Crippen molar-refractivity contribution in [1.29, 1.82) is 0 Å². The van der Waals surface area contributed by atoms with Crippen LogP contribution in [-0.2, 0) is 6.54 Å². The second-order valence-corrected chi connectivity index (χ2v) is 7.01. The van der Waals surface area contributed by atoms with E-state index in [-0.39, 0.29) is 5.91 Å². The number of amides is 1. The molecule has 0 aromatic heterocycles. The number of nitrogens with zero attached hydrogens (tertiary/aromatic N) is 1. The van der Waals surface area contributed by atoms with Crippen LogP contribution < -0.4 is 0 Å². The molecule has 0 saturated heterocycles. The first-order valence-electron chi connectivity index (χ1n) is 7.77. The van der Waals surface area contributed by atoms with Gasteiger partial charge in [0.25, 0.3) is 5.91 Å². The lowest BCUT2D eigenvalue weighted by Crippen LogP contribution is -2.36. The van der Waals surface area contributed by atoms with E-state index in [2.05, 4.69) is 45.1 Å². The molecule has 2 aliphatic rings. The predicted octanol–water partition coefficient (Wildman–Crippen LogP) is 4.89. The van der Waals surface area contributed by atoms with E-state index in [1.165, 1.54) is 48.4 Å². The molecule has 2 aromatic rings. The van der Waals surface area contributed by atoms with Crippen molar-refractivity contribution in [2.75, 3.05) is 0 Å². The van der Waals surface area contributed by atoms with E-state index in [0.29, 0.717) is 6.04 Å². The van der Waals surface area contributed by atoms with Crippen molar-refractivity contribution >= 4 is 32.6 Å². The van der Waals surface area contributed by atoms with Gasteiger partial charge in [0, 0.05) is 22.6 Å². The molecule has 2 aromatic carbocycles. The molecule has 1 aliphatic heterocycles. The number of halogens is 1. The van der Waals surface area contributed by atoms with Gasteiger partial charge in [0.1, 0.15) is 0 Å². The molecule has 0 unspecified atom stereocenters. The number of rotatable bonds is 1. The Hall–Kier alpha value is -1.35. The molecule has 0 spiro atoms. The Morgan fingerprint density at radius 2 is 1.76 bits per heavy atom. The molecule has 1 fully saturated rings. The van der Waals surface area contributed by atoms with Crippen molar-refractivity contribution in [3.8, 4) is 0 Å². The molecule has 2 nitrogen and oxygen atoms in total. The van der Waals surface area contributed by atoms with E-state index in [9.17, 15) is 4.79 Å². The molecule has 4 rings (SSSR count). The summed E-state index contributed by atoms with van der Waals surface area (Å²) in [6.45, 7) is 0.784. The number of hydrogen-bond acceptors (Lipinski definition) is 1. The van der Waals surface area contributed by atoms with Gasteiger partial charge in [-0.15, -0.1) is 0 Å². The van der Waals surface area contributed by atoms with Crippen molar-refractivity contribution < 1.29 is 4.79 Å². The molecule has 1 saturated carbocycles. The molecule has 108 valence electrons. The monoisotopic (exact) mass is 343 g/mol. The molecular formula is C18H18BrNO. The van der Waals surface area contributed by atoms with Crippen LogP contribution in [0.5, 0.6) is 0 Å². The largest absolute Gasteiger partial charge is 0.331 e. The van der Waals surface area contributed by atoms with Crippen molar-refractivity contribution in [1.82, 2.24) is 4.90 Å². The molecule has 0 atom stereocenters. The SMILES string of the molecule is O=C1c2cc(Br)c3ccccc3c2CN1C1CCCCC1. The van der Waals surface area contributed by atoms with Crippen molar-refractivity contribution in [2.24, 2.45) is 0 Å². The van der Waals surface area contributed by atoms with Crippen LogP contribution in [0.4, 0.5) is 0 Å². The predicted molar refractivity (Wildman–Crippen MR) is 88.4 cm³/mol. The number of hydrogen-bond donors (Lipinski definition) is 0. The van der Waals surface area contributed by atoms with Crippen LogP contribution >= 0.6 is 15.9 Å². The van der Waals surface area contributed by atoms with E-state index in [0.717, 1.165) is 16.6 Å². The lowest BCUT2D eigenvalue weighted by molar-refractivity contribution is 0.0660. The van der Waals surface area contributed by atoms with Crippen molar-refractivity contribution in [3.05, 3.63) is 45.9 Å². The van der Waals surface area contributed by atoms with Crippen LogP contribution in [0.25, 0.3) is 10.8 Å². The summed E-state index contributed by atoms with van der Waals surface area (Å²) in [6.07, 6.45) is 6.17. The zero-order valence-electron chi connectivity index (χ0n) is 11.9. The maximum Gasteiger partial charge on any atom is 0.254 e. The minimum Gasteiger partial charge on any atom is -0.331 e. The standard InChI is InChI=1S/C18H18BrNO/c19-17-10-15-16(13-8-4-5-9-14(13)17)11-20(18(15)21)12-6-2-1-3-7-12/h4-5,8-10,12H,1-3,6-7,11H2. The molecule has 21 heavy (non-hydrogen) atoms. The fourth-order valence-corrected chi connectivity index (χ4v) is 4.41. The molecule has 0 N–H and O–H groups in total. The summed E-state index contributed by atoms with van der Waals surface area (Å²) < 4.78 is 1.02. The highest BCUT2D eigenvalue weighted by Crippen LogP contribution is 2.37. The Labute approximate surface area is 133 Å². The summed E-state index contributed by atoms with van der Waals surface area (Å²) in [4.78, 5) is 14.9. The Kier molecular flexibility index (Phi) is 3.26. The summed E-state index contributed by atoms with van der Waals surface area (Å²) in [6, 6.07) is 10.8. The third-order valence-electron chi connectivity index (χ3n) is 4.94. The van der Waals surface area contributed by atoms with Gasteiger partial charge in [-0.3, -0.25) is 4.79 Å². The summed E-state index contributed by atoms with van der Waals surface area (Å²) in [5.74, 6) is 0.225. The minimum atomic E-state index is 0.225. The summed E-state index contributed by atoms with van der Waals surface area (Å²) in [5, 5.41) is 2.42. The van der Waals surface area contributed by atoms with Gasteiger partial charge >= 0.3 is 0 Å². The van der Waals surface area contributed by atoms with E-state index < -0.39 is 0 Å². The number of carbonyl (C=O) groups is 1. The first-order valence-corrected chi connectivity index (χ1v) is 8.56. The molecule has 0 bridgehead atoms. The average Bonchev–Trinajstić information content (AvgIpc) is 2.86. The second kappa shape index (κ2) is 5.13. The van der Waals surface area contributed by atoms with Gasteiger partial charge in [-0.05, 0) is 35.2 Å². The van der Waals surface area contributed by atoms with E-state index in [4.69, 9.17) is 0 Å². The second-order valence-electron chi connectivity index (χ2n) is 6.15. The quantitative estimate of drug-likeness (QED) is 0.721. The van der Waals surface area contributed by atoms with Gasteiger partial charge < -0.3 is 4.90 Å². The molecule has 1 amide bonds. The maximum atomic E-state index is 12.8. The van der Waals surface area contributed by atoms with Crippen molar-refractivity contribution in [3.63, 3.8) is 0 Å². The third kappa shape index (κ3) is 2.10. The Balaban J connectivity index is 1.80. The van der Waals surface area contributed by atoms with Gasteiger partial charge in [-0.25, -0.2) is 0 Å². The zero-order valence-corrected chi connectivity index (χ0v) is 13.5. The zero-order chi connectivity index (χ0) is 14.4. The summed E-state index contributed by atoms with van der Waals surface area (Å²) in [7, 11) is 0. The lowest BCUT2D eigenvalue weighted by atomic mass is 9.94. The molecule has 3 heteroatoms. The van der Waals surface area contributed by atoms with Crippen LogP contribution in [0.2, 0.25) is 0 Å². The van der Waals surface area contributed by atoms with Gasteiger partial charge in [0.15, 0.2) is 0 Å². The Morgan fingerprint density at radius 1 is 1.05 bits per heavy atom. The third-order valence-corrected chi connectivity index (χ3v) is 5.60. The van der Waals surface area contributed by atoms with Crippen LogP contribution in [0, 0.1) is 0 Å².